The fourth-order valence-corrected chi connectivity index (χ4v) is 2.38. The molecule has 0 bridgehead atoms. The van der Waals surface area contributed by atoms with Crippen LogP contribution in [-0.4, -0.2) is 24.6 Å². The van der Waals surface area contributed by atoms with Crippen molar-refractivity contribution in [3.63, 3.8) is 0 Å². The average molecular weight is 409 g/mol. The van der Waals surface area contributed by atoms with Crippen molar-refractivity contribution in [3.8, 4) is 5.75 Å². The van der Waals surface area contributed by atoms with Gasteiger partial charge in [-0.15, -0.1) is 0 Å². The van der Waals surface area contributed by atoms with E-state index in [1.807, 2.05) is 6.92 Å². The number of benzene rings is 2. The van der Waals surface area contributed by atoms with E-state index in [2.05, 4.69) is 5.32 Å². The van der Waals surface area contributed by atoms with E-state index in [0.29, 0.717) is 12.4 Å². The van der Waals surface area contributed by atoms with Crippen LogP contribution in [0.4, 0.5) is 18.9 Å². The molecule has 0 heterocycles. The number of halogens is 3. The Bertz CT molecular complexity index is 835. The molecule has 0 saturated carbocycles. The highest BCUT2D eigenvalue weighted by Crippen LogP contribution is 2.34. The third-order valence-corrected chi connectivity index (χ3v) is 4.00. The van der Waals surface area contributed by atoms with Gasteiger partial charge in [-0.1, -0.05) is 25.5 Å². The summed E-state index contributed by atoms with van der Waals surface area (Å²) >= 11 is 0. The standard InChI is InChI=1S/C21H22F3NO4/c1-3-4-13-28-16-11-9-15(10-12-16)20(27)29-14(2)19(26)25-18-8-6-5-7-17(18)21(22,23)24/h5-12,14H,3-4,13H2,1-2H3,(H,25,26). The van der Waals surface area contributed by atoms with Crippen LogP contribution in [0.25, 0.3) is 0 Å². The lowest BCUT2D eigenvalue weighted by Gasteiger charge is -2.17. The number of para-hydroxylation sites is 1. The van der Waals surface area contributed by atoms with E-state index in [9.17, 15) is 22.8 Å². The first kappa shape index (κ1) is 22.3. The van der Waals surface area contributed by atoms with Crippen molar-refractivity contribution in [2.75, 3.05) is 11.9 Å². The number of esters is 1. The number of anilines is 1. The Balaban J connectivity index is 1.97. The van der Waals surface area contributed by atoms with Crippen LogP contribution in [0.5, 0.6) is 5.75 Å². The molecular weight excluding hydrogens is 387 g/mol. The molecule has 1 N–H and O–H groups in total. The van der Waals surface area contributed by atoms with E-state index < -0.39 is 35.4 Å². The third-order valence-electron chi connectivity index (χ3n) is 4.00. The van der Waals surface area contributed by atoms with Crippen LogP contribution < -0.4 is 10.1 Å². The van der Waals surface area contributed by atoms with Crippen LogP contribution in [0.2, 0.25) is 0 Å². The zero-order chi connectivity index (χ0) is 21.4. The highest BCUT2D eigenvalue weighted by molar-refractivity contribution is 5.97. The van der Waals surface area contributed by atoms with Crippen LogP contribution in [-0.2, 0) is 15.7 Å². The van der Waals surface area contributed by atoms with Gasteiger partial charge in [-0.2, -0.15) is 13.2 Å². The fraction of sp³-hybridized carbons (Fsp3) is 0.333. The molecule has 0 saturated heterocycles. The lowest BCUT2D eigenvalue weighted by Crippen LogP contribution is -2.30. The molecule has 2 aromatic rings. The molecule has 0 aliphatic carbocycles. The van der Waals surface area contributed by atoms with Crippen LogP contribution in [0.3, 0.4) is 0 Å². The highest BCUT2D eigenvalue weighted by Gasteiger charge is 2.34. The van der Waals surface area contributed by atoms with Gasteiger partial charge in [-0.05, 0) is 49.7 Å². The summed E-state index contributed by atoms with van der Waals surface area (Å²) in [6.45, 7) is 3.89. The fourth-order valence-electron chi connectivity index (χ4n) is 2.38. The van der Waals surface area contributed by atoms with Crippen molar-refractivity contribution in [2.24, 2.45) is 0 Å². The summed E-state index contributed by atoms with van der Waals surface area (Å²) in [5.74, 6) is -1.03. The molecule has 0 radical (unpaired) electrons. The monoisotopic (exact) mass is 409 g/mol. The maximum absolute atomic E-state index is 13.0. The maximum atomic E-state index is 13.0. The molecule has 5 nitrogen and oxygen atoms in total. The Morgan fingerprint density at radius 3 is 2.34 bits per heavy atom. The van der Waals surface area contributed by atoms with E-state index in [-0.39, 0.29) is 5.56 Å². The lowest BCUT2D eigenvalue weighted by atomic mass is 10.1. The Morgan fingerprint density at radius 1 is 1.07 bits per heavy atom. The minimum atomic E-state index is -4.62. The van der Waals surface area contributed by atoms with E-state index in [0.717, 1.165) is 25.0 Å². The molecule has 0 fully saturated rings. The molecule has 1 atom stereocenters. The summed E-state index contributed by atoms with van der Waals surface area (Å²) < 4.78 is 49.6. The highest BCUT2D eigenvalue weighted by atomic mass is 19.4. The van der Waals surface area contributed by atoms with Gasteiger partial charge in [0.2, 0.25) is 0 Å². The van der Waals surface area contributed by atoms with Gasteiger partial charge in [-0.25, -0.2) is 4.79 Å². The van der Waals surface area contributed by atoms with Gasteiger partial charge in [-0.3, -0.25) is 4.79 Å². The number of hydrogen-bond donors (Lipinski definition) is 1. The second-order valence-electron chi connectivity index (χ2n) is 6.31. The molecular formula is C21H22F3NO4. The number of carbonyl (C=O) groups excluding carboxylic acids is 2. The predicted molar refractivity (Wildman–Crippen MR) is 102 cm³/mol. The van der Waals surface area contributed by atoms with Gasteiger partial charge in [0.15, 0.2) is 6.10 Å². The topological polar surface area (TPSA) is 64.6 Å². The number of carbonyl (C=O) groups is 2. The zero-order valence-electron chi connectivity index (χ0n) is 16.1. The number of ether oxygens (including phenoxy) is 2. The SMILES string of the molecule is CCCCOc1ccc(C(=O)OC(C)C(=O)Nc2ccccc2C(F)(F)F)cc1. The van der Waals surface area contributed by atoms with Crippen molar-refractivity contribution >= 4 is 17.6 Å². The average Bonchev–Trinajstić information content (AvgIpc) is 2.68. The first-order chi connectivity index (χ1) is 13.7. The molecule has 0 aliphatic heterocycles. The van der Waals surface area contributed by atoms with Crippen molar-refractivity contribution in [3.05, 3.63) is 59.7 Å². The van der Waals surface area contributed by atoms with Crippen molar-refractivity contribution in [1.29, 1.82) is 0 Å². The third kappa shape index (κ3) is 6.51. The Hall–Kier alpha value is -3.03. The number of unbranched alkanes of at least 4 members (excludes halogenated alkanes) is 1. The second-order valence-corrected chi connectivity index (χ2v) is 6.31. The van der Waals surface area contributed by atoms with E-state index in [1.54, 1.807) is 12.1 Å². The Labute approximate surface area is 166 Å². The molecule has 8 heteroatoms. The number of hydrogen-bond acceptors (Lipinski definition) is 4. The molecule has 2 aromatic carbocycles. The van der Waals surface area contributed by atoms with Gasteiger partial charge in [0, 0.05) is 0 Å². The van der Waals surface area contributed by atoms with E-state index in [4.69, 9.17) is 9.47 Å². The van der Waals surface area contributed by atoms with E-state index in [1.165, 1.54) is 31.2 Å². The van der Waals surface area contributed by atoms with Gasteiger partial charge in [0.1, 0.15) is 5.75 Å². The van der Waals surface area contributed by atoms with Crippen LogP contribution in [0.15, 0.2) is 48.5 Å². The zero-order valence-corrected chi connectivity index (χ0v) is 16.1. The summed E-state index contributed by atoms with van der Waals surface area (Å²) in [5.41, 5.74) is -1.18. The minimum Gasteiger partial charge on any atom is -0.494 e. The molecule has 2 rings (SSSR count). The van der Waals surface area contributed by atoms with E-state index >= 15 is 0 Å². The molecule has 0 aromatic heterocycles. The Morgan fingerprint density at radius 2 is 1.72 bits per heavy atom. The van der Waals surface area contributed by atoms with Crippen molar-refractivity contribution in [1.82, 2.24) is 0 Å². The summed E-state index contributed by atoms with van der Waals surface area (Å²) in [4.78, 5) is 24.4. The Kier molecular flexibility index (Phi) is 7.64. The number of alkyl halides is 3. The lowest BCUT2D eigenvalue weighted by molar-refractivity contribution is -0.137. The van der Waals surface area contributed by atoms with Crippen LogP contribution in [0, 0.1) is 0 Å². The number of rotatable bonds is 8. The van der Waals surface area contributed by atoms with Crippen LogP contribution >= 0.6 is 0 Å². The largest absolute Gasteiger partial charge is 0.494 e. The first-order valence-corrected chi connectivity index (χ1v) is 9.13. The normalized spacial score (nSPS) is 12.2. The summed E-state index contributed by atoms with van der Waals surface area (Å²) in [7, 11) is 0. The molecule has 156 valence electrons. The van der Waals surface area contributed by atoms with Crippen LogP contribution in [0.1, 0.15) is 42.6 Å². The second kappa shape index (κ2) is 9.95. The molecule has 1 unspecified atom stereocenters. The molecule has 0 aliphatic rings. The summed E-state index contributed by atoms with van der Waals surface area (Å²) in [6, 6.07) is 10.8. The predicted octanol–water partition coefficient (Wildman–Crippen LogP) is 5.07. The maximum Gasteiger partial charge on any atom is 0.418 e. The first-order valence-electron chi connectivity index (χ1n) is 9.13. The van der Waals surface area contributed by atoms with Gasteiger partial charge < -0.3 is 14.8 Å². The smallest absolute Gasteiger partial charge is 0.418 e. The van der Waals surface area contributed by atoms with Crippen molar-refractivity contribution in [2.45, 2.75) is 39.0 Å². The summed E-state index contributed by atoms with van der Waals surface area (Å²) in [5, 5.41) is 2.16. The number of nitrogens with one attached hydrogen (secondary N) is 1. The molecule has 1 amide bonds. The summed E-state index contributed by atoms with van der Waals surface area (Å²) in [6.07, 6.45) is -4.00. The van der Waals surface area contributed by atoms with Gasteiger partial charge in [0.05, 0.1) is 23.4 Å². The minimum absolute atomic E-state index is 0.197. The molecule has 0 spiro atoms. The van der Waals surface area contributed by atoms with Gasteiger partial charge in [0.25, 0.3) is 5.91 Å². The van der Waals surface area contributed by atoms with Gasteiger partial charge >= 0.3 is 12.1 Å². The quantitative estimate of drug-likeness (QED) is 0.489. The number of amides is 1. The van der Waals surface area contributed by atoms with Crippen molar-refractivity contribution < 1.29 is 32.2 Å². The molecule has 29 heavy (non-hydrogen) atoms.